The van der Waals surface area contributed by atoms with Gasteiger partial charge in [-0.15, -0.1) is 0 Å². The van der Waals surface area contributed by atoms with Gasteiger partial charge in [0.1, 0.15) is 0 Å². The summed E-state index contributed by atoms with van der Waals surface area (Å²) in [7, 11) is 0. The summed E-state index contributed by atoms with van der Waals surface area (Å²) < 4.78 is 0. The first-order valence-electron chi connectivity index (χ1n) is 8.42. The van der Waals surface area contributed by atoms with Gasteiger partial charge in [-0.2, -0.15) is 0 Å². The number of nitrogens with zero attached hydrogens (tertiary/aromatic N) is 2. The molecule has 0 radical (unpaired) electrons. The molecule has 122 valence electrons. The van der Waals surface area contributed by atoms with Gasteiger partial charge < -0.3 is 10.2 Å². The molecule has 0 spiro atoms. The van der Waals surface area contributed by atoms with Crippen molar-refractivity contribution in [2.24, 2.45) is 0 Å². The van der Waals surface area contributed by atoms with Crippen LogP contribution in [0.5, 0.6) is 0 Å². The average Bonchev–Trinajstić information content (AvgIpc) is 2.51. The standard InChI is InChI=1S/C18H29N3O/c1-4-5-9-19-18(22)14-20-10-12-21(13-11-20)17-8-6-7-15(2)16(17)3/h6-8H,4-5,9-14H2,1-3H3,(H,19,22). The predicted molar refractivity (Wildman–Crippen MR) is 92.5 cm³/mol. The third kappa shape index (κ3) is 4.47. The quantitative estimate of drug-likeness (QED) is 0.819. The van der Waals surface area contributed by atoms with Crippen molar-refractivity contribution in [3.05, 3.63) is 29.3 Å². The molecule has 1 aliphatic rings. The molecule has 0 saturated carbocycles. The van der Waals surface area contributed by atoms with E-state index in [1.807, 2.05) is 0 Å². The number of carbonyl (C=O) groups excluding carboxylic acids is 1. The number of rotatable bonds is 6. The number of hydrogen-bond acceptors (Lipinski definition) is 3. The fourth-order valence-corrected chi connectivity index (χ4v) is 2.89. The summed E-state index contributed by atoms with van der Waals surface area (Å²) in [5, 5.41) is 3.00. The lowest BCUT2D eigenvalue weighted by Gasteiger charge is -2.36. The van der Waals surface area contributed by atoms with Crippen molar-refractivity contribution < 1.29 is 4.79 Å². The first kappa shape index (κ1) is 16.8. The normalized spacial score (nSPS) is 15.9. The maximum absolute atomic E-state index is 11.9. The maximum atomic E-state index is 11.9. The number of nitrogens with one attached hydrogen (secondary N) is 1. The minimum atomic E-state index is 0.161. The van der Waals surface area contributed by atoms with Crippen LogP contribution in [0.3, 0.4) is 0 Å². The molecule has 0 bridgehead atoms. The van der Waals surface area contributed by atoms with Gasteiger partial charge in [0.05, 0.1) is 6.54 Å². The van der Waals surface area contributed by atoms with Gasteiger partial charge in [0.25, 0.3) is 0 Å². The molecule has 1 aromatic rings. The summed E-state index contributed by atoms with van der Waals surface area (Å²) >= 11 is 0. The monoisotopic (exact) mass is 303 g/mol. The number of carbonyl (C=O) groups is 1. The summed E-state index contributed by atoms with van der Waals surface area (Å²) in [4.78, 5) is 16.6. The first-order chi connectivity index (χ1) is 10.6. The van der Waals surface area contributed by atoms with Gasteiger partial charge in [0, 0.05) is 38.4 Å². The minimum absolute atomic E-state index is 0.161. The van der Waals surface area contributed by atoms with Gasteiger partial charge in [0.15, 0.2) is 0 Å². The molecule has 0 unspecified atom stereocenters. The molecule has 1 aliphatic heterocycles. The molecule has 0 atom stereocenters. The molecule has 2 rings (SSSR count). The Morgan fingerprint density at radius 1 is 1.18 bits per heavy atom. The Kier molecular flexibility index (Phi) is 6.25. The summed E-state index contributed by atoms with van der Waals surface area (Å²) in [5.74, 6) is 0.161. The van der Waals surface area contributed by atoms with Gasteiger partial charge in [-0.3, -0.25) is 9.69 Å². The topological polar surface area (TPSA) is 35.6 Å². The largest absolute Gasteiger partial charge is 0.369 e. The highest BCUT2D eigenvalue weighted by molar-refractivity contribution is 5.78. The van der Waals surface area contributed by atoms with E-state index in [0.717, 1.165) is 45.6 Å². The molecular formula is C18H29N3O. The molecule has 0 aliphatic carbocycles. The Morgan fingerprint density at radius 2 is 1.91 bits per heavy atom. The summed E-state index contributed by atoms with van der Waals surface area (Å²) in [6, 6.07) is 6.50. The third-order valence-electron chi connectivity index (χ3n) is 4.51. The molecule has 4 heteroatoms. The lowest BCUT2D eigenvalue weighted by atomic mass is 10.1. The SMILES string of the molecule is CCCCNC(=O)CN1CCN(c2cccc(C)c2C)CC1. The van der Waals surface area contributed by atoms with Crippen LogP contribution in [0, 0.1) is 13.8 Å². The second-order valence-corrected chi connectivity index (χ2v) is 6.19. The molecule has 1 fully saturated rings. The molecular weight excluding hydrogens is 274 g/mol. The molecule has 1 heterocycles. The van der Waals surface area contributed by atoms with Crippen LogP contribution in [0.1, 0.15) is 30.9 Å². The number of hydrogen-bond donors (Lipinski definition) is 1. The smallest absolute Gasteiger partial charge is 0.234 e. The molecule has 1 aromatic carbocycles. The summed E-state index contributed by atoms with van der Waals surface area (Å²) in [5.41, 5.74) is 4.05. The van der Waals surface area contributed by atoms with E-state index in [0.29, 0.717) is 6.54 Å². The molecule has 1 saturated heterocycles. The van der Waals surface area contributed by atoms with Crippen molar-refractivity contribution in [2.45, 2.75) is 33.6 Å². The van der Waals surface area contributed by atoms with Crippen molar-refractivity contribution in [3.63, 3.8) is 0 Å². The fraction of sp³-hybridized carbons (Fsp3) is 0.611. The summed E-state index contributed by atoms with van der Waals surface area (Å²) in [6.45, 7) is 11.7. The summed E-state index contributed by atoms with van der Waals surface area (Å²) in [6.07, 6.45) is 2.18. The van der Waals surface area contributed by atoms with Crippen LogP contribution in [0.25, 0.3) is 0 Å². The number of unbranched alkanes of at least 4 members (excludes halogenated alkanes) is 1. The molecule has 1 amide bonds. The van der Waals surface area contributed by atoms with Crippen LogP contribution in [0.15, 0.2) is 18.2 Å². The van der Waals surface area contributed by atoms with E-state index < -0.39 is 0 Å². The second kappa shape index (κ2) is 8.18. The fourth-order valence-electron chi connectivity index (χ4n) is 2.89. The zero-order valence-electron chi connectivity index (χ0n) is 14.2. The number of anilines is 1. The van der Waals surface area contributed by atoms with Crippen molar-refractivity contribution in [1.82, 2.24) is 10.2 Å². The number of aryl methyl sites for hydroxylation is 1. The van der Waals surface area contributed by atoms with Crippen molar-refractivity contribution in [1.29, 1.82) is 0 Å². The van der Waals surface area contributed by atoms with E-state index >= 15 is 0 Å². The number of amides is 1. The third-order valence-corrected chi connectivity index (χ3v) is 4.51. The minimum Gasteiger partial charge on any atom is -0.369 e. The molecule has 0 aromatic heterocycles. The Morgan fingerprint density at radius 3 is 2.59 bits per heavy atom. The van der Waals surface area contributed by atoms with Gasteiger partial charge in [0.2, 0.25) is 5.91 Å². The Bertz CT molecular complexity index is 493. The molecule has 22 heavy (non-hydrogen) atoms. The van der Waals surface area contributed by atoms with Crippen LogP contribution in [0.2, 0.25) is 0 Å². The first-order valence-corrected chi connectivity index (χ1v) is 8.42. The van der Waals surface area contributed by atoms with Crippen LogP contribution in [0.4, 0.5) is 5.69 Å². The number of benzene rings is 1. The van der Waals surface area contributed by atoms with Crippen LogP contribution >= 0.6 is 0 Å². The average molecular weight is 303 g/mol. The lowest BCUT2D eigenvalue weighted by molar-refractivity contribution is -0.122. The Hall–Kier alpha value is -1.55. The van der Waals surface area contributed by atoms with E-state index in [1.165, 1.54) is 16.8 Å². The van der Waals surface area contributed by atoms with E-state index in [1.54, 1.807) is 0 Å². The van der Waals surface area contributed by atoms with Gasteiger partial charge in [-0.05, 0) is 37.5 Å². The van der Waals surface area contributed by atoms with Crippen molar-refractivity contribution >= 4 is 11.6 Å². The van der Waals surface area contributed by atoms with E-state index in [9.17, 15) is 4.79 Å². The van der Waals surface area contributed by atoms with Crippen LogP contribution in [-0.2, 0) is 4.79 Å². The van der Waals surface area contributed by atoms with Gasteiger partial charge in [-0.25, -0.2) is 0 Å². The lowest BCUT2D eigenvalue weighted by Crippen LogP contribution is -2.49. The Balaban J connectivity index is 1.80. The Labute approximate surface area is 134 Å². The maximum Gasteiger partial charge on any atom is 0.234 e. The van der Waals surface area contributed by atoms with Crippen LogP contribution < -0.4 is 10.2 Å². The van der Waals surface area contributed by atoms with Crippen molar-refractivity contribution in [3.8, 4) is 0 Å². The van der Waals surface area contributed by atoms with Gasteiger partial charge in [-0.1, -0.05) is 25.5 Å². The highest BCUT2D eigenvalue weighted by Gasteiger charge is 2.20. The zero-order valence-corrected chi connectivity index (χ0v) is 14.2. The van der Waals surface area contributed by atoms with E-state index in [2.05, 4.69) is 54.1 Å². The zero-order chi connectivity index (χ0) is 15.9. The molecule has 4 nitrogen and oxygen atoms in total. The second-order valence-electron chi connectivity index (χ2n) is 6.19. The van der Waals surface area contributed by atoms with Gasteiger partial charge >= 0.3 is 0 Å². The van der Waals surface area contributed by atoms with Crippen LogP contribution in [-0.4, -0.2) is 50.1 Å². The number of piperazine rings is 1. The predicted octanol–water partition coefficient (Wildman–Crippen LogP) is 2.34. The van der Waals surface area contributed by atoms with E-state index in [-0.39, 0.29) is 5.91 Å². The van der Waals surface area contributed by atoms with E-state index in [4.69, 9.17) is 0 Å². The van der Waals surface area contributed by atoms with Crippen molar-refractivity contribution in [2.75, 3.05) is 44.2 Å². The highest BCUT2D eigenvalue weighted by atomic mass is 16.2. The molecule has 1 N–H and O–H groups in total. The highest BCUT2D eigenvalue weighted by Crippen LogP contribution is 2.23.